The number of hydrogen-bond donors (Lipinski definition) is 1. The standard InChI is InChI=1S/C12H10FN3O/c13-11-7-10(3-6-15-11)12(17)16-8-9-1-4-14-5-2-9/h1-7H,8H2,(H,16,17). The smallest absolute Gasteiger partial charge is 0.251 e. The third kappa shape index (κ3) is 3.07. The van der Waals surface area contributed by atoms with Gasteiger partial charge in [-0.1, -0.05) is 0 Å². The Morgan fingerprint density at radius 3 is 2.71 bits per heavy atom. The molecule has 0 aliphatic rings. The van der Waals surface area contributed by atoms with Crippen molar-refractivity contribution in [3.05, 3.63) is 59.9 Å². The van der Waals surface area contributed by atoms with Gasteiger partial charge >= 0.3 is 0 Å². The van der Waals surface area contributed by atoms with Gasteiger partial charge in [0.15, 0.2) is 0 Å². The van der Waals surface area contributed by atoms with Crippen LogP contribution in [0, 0.1) is 5.95 Å². The Morgan fingerprint density at radius 2 is 2.00 bits per heavy atom. The first-order valence-electron chi connectivity index (χ1n) is 5.04. The monoisotopic (exact) mass is 231 g/mol. The van der Waals surface area contributed by atoms with Crippen LogP contribution in [-0.4, -0.2) is 15.9 Å². The van der Waals surface area contributed by atoms with Gasteiger partial charge in [0.1, 0.15) is 0 Å². The zero-order valence-electron chi connectivity index (χ0n) is 8.93. The number of carbonyl (C=O) groups is 1. The molecule has 2 heterocycles. The second-order valence-corrected chi connectivity index (χ2v) is 3.41. The number of nitrogens with one attached hydrogen (secondary N) is 1. The summed E-state index contributed by atoms with van der Waals surface area (Å²) in [6.45, 7) is 0.380. The maximum absolute atomic E-state index is 12.8. The van der Waals surface area contributed by atoms with Gasteiger partial charge in [0.2, 0.25) is 5.95 Å². The molecular weight excluding hydrogens is 221 g/mol. The molecule has 2 rings (SSSR count). The van der Waals surface area contributed by atoms with Gasteiger partial charge in [-0.05, 0) is 23.8 Å². The fraction of sp³-hybridized carbons (Fsp3) is 0.0833. The lowest BCUT2D eigenvalue weighted by Gasteiger charge is -2.04. The van der Waals surface area contributed by atoms with E-state index in [1.54, 1.807) is 24.5 Å². The number of carbonyl (C=O) groups excluding carboxylic acids is 1. The molecule has 0 saturated carbocycles. The largest absolute Gasteiger partial charge is 0.348 e. The number of amides is 1. The average Bonchev–Trinajstić information content (AvgIpc) is 2.37. The molecule has 17 heavy (non-hydrogen) atoms. The Balaban J connectivity index is 1.98. The van der Waals surface area contributed by atoms with E-state index < -0.39 is 5.95 Å². The van der Waals surface area contributed by atoms with Crippen LogP contribution in [0.5, 0.6) is 0 Å². The van der Waals surface area contributed by atoms with Crippen molar-refractivity contribution in [2.45, 2.75) is 6.54 Å². The Morgan fingerprint density at radius 1 is 1.24 bits per heavy atom. The zero-order valence-corrected chi connectivity index (χ0v) is 8.93. The number of halogens is 1. The van der Waals surface area contributed by atoms with Crippen LogP contribution in [0.3, 0.4) is 0 Å². The van der Waals surface area contributed by atoms with Crippen LogP contribution in [0.25, 0.3) is 0 Å². The van der Waals surface area contributed by atoms with Crippen molar-refractivity contribution in [3.63, 3.8) is 0 Å². The van der Waals surface area contributed by atoms with Crippen LogP contribution in [0.2, 0.25) is 0 Å². The van der Waals surface area contributed by atoms with E-state index in [0.29, 0.717) is 6.54 Å². The van der Waals surface area contributed by atoms with Crippen LogP contribution in [0.4, 0.5) is 4.39 Å². The summed E-state index contributed by atoms with van der Waals surface area (Å²) in [6.07, 6.45) is 4.55. The Labute approximate surface area is 97.5 Å². The van der Waals surface area contributed by atoms with Crippen LogP contribution in [0.1, 0.15) is 15.9 Å². The molecule has 0 bridgehead atoms. The Hall–Kier alpha value is -2.30. The summed E-state index contributed by atoms with van der Waals surface area (Å²) in [7, 11) is 0. The quantitative estimate of drug-likeness (QED) is 0.815. The van der Waals surface area contributed by atoms with Crippen LogP contribution in [-0.2, 0) is 6.54 Å². The van der Waals surface area contributed by atoms with Crippen molar-refractivity contribution in [2.24, 2.45) is 0 Å². The molecule has 2 aromatic rings. The van der Waals surface area contributed by atoms with Gasteiger partial charge < -0.3 is 5.32 Å². The fourth-order valence-electron chi connectivity index (χ4n) is 1.33. The molecule has 0 unspecified atom stereocenters. The molecule has 0 atom stereocenters. The summed E-state index contributed by atoms with van der Waals surface area (Å²) in [6, 6.07) is 6.16. The van der Waals surface area contributed by atoms with E-state index in [9.17, 15) is 9.18 Å². The van der Waals surface area contributed by atoms with Gasteiger partial charge in [0.25, 0.3) is 5.91 Å². The third-order valence-electron chi connectivity index (χ3n) is 2.19. The van der Waals surface area contributed by atoms with Gasteiger partial charge in [-0.15, -0.1) is 0 Å². The van der Waals surface area contributed by atoms with Crippen molar-refractivity contribution in [1.29, 1.82) is 0 Å². The van der Waals surface area contributed by atoms with Crippen LogP contribution >= 0.6 is 0 Å². The van der Waals surface area contributed by atoms with Gasteiger partial charge in [0, 0.05) is 36.8 Å². The summed E-state index contributed by atoms with van der Waals surface area (Å²) in [5, 5.41) is 2.68. The molecule has 2 aromatic heterocycles. The molecule has 5 heteroatoms. The predicted octanol–water partition coefficient (Wildman–Crippen LogP) is 1.55. The van der Waals surface area contributed by atoms with E-state index in [1.165, 1.54) is 12.3 Å². The highest BCUT2D eigenvalue weighted by Crippen LogP contribution is 2.01. The van der Waals surface area contributed by atoms with Crippen molar-refractivity contribution < 1.29 is 9.18 Å². The second-order valence-electron chi connectivity index (χ2n) is 3.41. The predicted molar refractivity (Wildman–Crippen MR) is 59.6 cm³/mol. The summed E-state index contributed by atoms with van der Waals surface area (Å²) in [5.41, 5.74) is 1.19. The second kappa shape index (κ2) is 5.16. The molecule has 0 aliphatic heterocycles. The molecule has 1 N–H and O–H groups in total. The van der Waals surface area contributed by atoms with Gasteiger partial charge in [0.05, 0.1) is 0 Å². The first kappa shape index (κ1) is 11.2. The topological polar surface area (TPSA) is 54.9 Å². The maximum Gasteiger partial charge on any atom is 0.251 e. The molecule has 0 spiro atoms. The SMILES string of the molecule is O=C(NCc1ccncc1)c1ccnc(F)c1. The third-order valence-corrected chi connectivity index (χ3v) is 2.19. The van der Waals surface area contributed by atoms with Gasteiger partial charge in [-0.25, -0.2) is 4.98 Å². The average molecular weight is 231 g/mol. The molecule has 86 valence electrons. The number of rotatable bonds is 3. The molecular formula is C12H10FN3O. The molecule has 4 nitrogen and oxygen atoms in total. The van der Waals surface area contributed by atoms with E-state index in [4.69, 9.17) is 0 Å². The highest BCUT2D eigenvalue weighted by atomic mass is 19.1. The first-order chi connectivity index (χ1) is 8.25. The van der Waals surface area contributed by atoms with Crippen LogP contribution in [0.15, 0.2) is 42.9 Å². The summed E-state index contributed by atoms with van der Waals surface area (Å²) in [4.78, 5) is 18.9. The zero-order chi connectivity index (χ0) is 12.1. The molecule has 0 aromatic carbocycles. The van der Waals surface area contributed by atoms with Crippen molar-refractivity contribution in [1.82, 2.24) is 15.3 Å². The van der Waals surface area contributed by atoms with E-state index in [0.717, 1.165) is 11.6 Å². The van der Waals surface area contributed by atoms with Crippen LogP contribution < -0.4 is 5.32 Å². The lowest BCUT2D eigenvalue weighted by atomic mass is 10.2. The molecule has 0 fully saturated rings. The van der Waals surface area contributed by atoms with Gasteiger partial charge in [-0.2, -0.15) is 4.39 Å². The highest BCUT2D eigenvalue weighted by Gasteiger charge is 2.06. The molecule has 0 radical (unpaired) electrons. The van der Waals surface area contributed by atoms with E-state index in [-0.39, 0.29) is 11.5 Å². The normalized spacial score (nSPS) is 9.94. The van der Waals surface area contributed by atoms with E-state index >= 15 is 0 Å². The summed E-state index contributed by atoms with van der Waals surface area (Å²) >= 11 is 0. The summed E-state index contributed by atoms with van der Waals surface area (Å²) in [5.74, 6) is -0.996. The van der Waals surface area contributed by atoms with Crippen molar-refractivity contribution in [2.75, 3.05) is 0 Å². The number of pyridine rings is 2. The first-order valence-corrected chi connectivity index (χ1v) is 5.04. The lowest BCUT2D eigenvalue weighted by Crippen LogP contribution is -2.22. The lowest BCUT2D eigenvalue weighted by molar-refractivity contribution is 0.0950. The number of aromatic nitrogens is 2. The minimum Gasteiger partial charge on any atom is -0.348 e. The minimum absolute atomic E-state index is 0.256. The molecule has 0 aliphatic carbocycles. The van der Waals surface area contributed by atoms with E-state index in [1.807, 2.05) is 0 Å². The summed E-state index contributed by atoms with van der Waals surface area (Å²) < 4.78 is 12.8. The highest BCUT2D eigenvalue weighted by molar-refractivity contribution is 5.93. The fourth-order valence-corrected chi connectivity index (χ4v) is 1.33. The Kier molecular flexibility index (Phi) is 3.40. The Bertz CT molecular complexity index is 516. The van der Waals surface area contributed by atoms with Gasteiger partial charge in [-0.3, -0.25) is 9.78 Å². The number of nitrogens with zero attached hydrogens (tertiary/aromatic N) is 2. The van der Waals surface area contributed by atoms with E-state index in [2.05, 4.69) is 15.3 Å². The molecule has 0 saturated heterocycles. The van der Waals surface area contributed by atoms with Crippen molar-refractivity contribution in [3.8, 4) is 0 Å². The maximum atomic E-state index is 12.8. The number of hydrogen-bond acceptors (Lipinski definition) is 3. The van der Waals surface area contributed by atoms with Crippen molar-refractivity contribution >= 4 is 5.91 Å². The minimum atomic E-state index is -0.665. The molecule has 1 amide bonds.